The van der Waals surface area contributed by atoms with E-state index in [0.717, 1.165) is 36.8 Å². The standard InChI is InChI=1S/C14H20O3.C14H16O3/c2*1-3-4-5-12(10-14(16)17-2)11-6-8-13(15)9-7-11/h6-9,12,15H,3-5,10H2,1-2H3;6-9,12,15H,3,10H2,1-2H3/t2*12-/m00/s1. The zero-order chi connectivity index (χ0) is 25.3. The summed E-state index contributed by atoms with van der Waals surface area (Å²) in [4.78, 5) is 22.6. The number of esters is 2. The van der Waals surface area contributed by atoms with E-state index in [2.05, 4.69) is 23.5 Å². The fourth-order valence-corrected chi connectivity index (χ4v) is 3.30. The zero-order valence-electron chi connectivity index (χ0n) is 20.5. The van der Waals surface area contributed by atoms with Crippen LogP contribution in [-0.4, -0.2) is 36.4 Å². The maximum absolute atomic E-state index is 11.4. The molecule has 34 heavy (non-hydrogen) atoms. The number of hydrogen-bond donors (Lipinski definition) is 2. The highest BCUT2D eigenvalue weighted by molar-refractivity contribution is 5.71. The van der Waals surface area contributed by atoms with Gasteiger partial charge >= 0.3 is 11.9 Å². The Bertz CT molecular complexity index is 922. The highest BCUT2D eigenvalue weighted by atomic mass is 16.5. The van der Waals surface area contributed by atoms with Crippen molar-refractivity contribution in [2.75, 3.05) is 14.2 Å². The highest BCUT2D eigenvalue weighted by Gasteiger charge is 2.16. The predicted octanol–water partition coefficient (Wildman–Crippen LogP) is 5.68. The van der Waals surface area contributed by atoms with E-state index in [-0.39, 0.29) is 41.7 Å². The molecule has 2 atom stereocenters. The van der Waals surface area contributed by atoms with E-state index in [0.29, 0.717) is 6.42 Å². The smallest absolute Gasteiger partial charge is 0.307 e. The second-order valence-corrected chi connectivity index (χ2v) is 7.81. The van der Waals surface area contributed by atoms with Crippen molar-refractivity contribution in [3.8, 4) is 23.3 Å². The molecule has 0 aromatic heterocycles. The SMILES string of the molecule is CCC#C[C@@H](CC(=O)OC)c1ccc(O)cc1.CCCC[C@@H](CC(=O)OC)c1ccc(O)cc1. The summed E-state index contributed by atoms with van der Waals surface area (Å²) in [7, 11) is 2.78. The number of phenols is 2. The summed E-state index contributed by atoms with van der Waals surface area (Å²) in [5.74, 6) is 6.00. The Morgan fingerprint density at radius 1 is 0.824 bits per heavy atom. The minimum atomic E-state index is -0.284. The fourth-order valence-electron chi connectivity index (χ4n) is 3.30. The third-order valence-electron chi connectivity index (χ3n) is 5.26. The molecule has 0 saturated carbocycles. The van der Waals surface area contributed by atoms with Crippen LogP contribution in [0.1, 0.15) is 75.3 Å². The van der Waals surface area contributed by atoms with E-state index in [1.807, 2.05) is 19.1 Å². The van der Waals surface area contributed by atoms with Gasteiger partial charge in [0, 0.05) is 6.42 Å². The van der Waals surface area contributed by atoms with Crippen molar-refractivity contribution in [1.82, 2.24) is 0 Å². The van der Waals surface area contributed by atoms with Crippen LogP contribution in [-0.2, 0) is 19.1 Å². The maximum Gasteiger partial charge on any atom is 0.307 e. The molecule has 0 aliphatic heterocycles. The highest BCUT2D eigenvalue weighted by Crippen LogP contribution is 2.27. The summed E-state index contributed by atoms with van der Waals surface area (Å²) in [6, 6.07) is 13.8. The Kier molecular flexibility index (Phi) is 13.6. The third kappa shape index (κ3) is 10.9. The van der Waals surface area contributed by atoms with Crippen molar-refractivity contribution in [3.63, 3.8) is 0 Å². The lowest BCUT2D eigenvalue weighted by Crippen LogP contribution is -2.08. The Labute approximate surface area is 202 Å². The van der Waals surface area contributed by atoms with Crippen LogP contribution in [0.25, 0.3) is 0 Å². The van der Waals surface area contributed by atoms with Crippen molar-refractivity contribution in [3.05, 3.63) is 59.7 Å². The lowest BCUT2D eigenvalue weighted by molar-refractivity contribution is -0.141. The fraction of sp³-hybridized carbons (Fsp3) is 0.429. The topological polar surface area (TPSA) is 93.1 Å². The average molecular weight is 469 g/mol. The lowest BCUT2D eigenvalue weighted by Gasteiger charge is -2.15. The van der Waals surface area contributed by atoms with Gasteiger partial charge in [-0.15, -0.1) is 5.92 Å². The van der Waals surface area contributed by atoms with Gasteiger partial charge in [0.15, 0.2) is 0 Å². The lowest BCUT2D eigenvalue weighted by atomic mass is 9.91. The van der Waals surface area contributed by atoms with Gasteiger partial charge in [-0.25, -0.2) is 0 Å². The number of aromatic hydroxyl groups is 2. The van der Waals surface area contributed by atoms with Crippen LogP contribution in [0.2, 0.25) is 0 Å². The van der Waals surface area contributed by atoms with Crippen molar-refractivity contribution in [2.45, 2.75) is 64.2 Å². The summed E-state index contributed by atoms with van der Waals surface area (Å²) < 4.78 is 9.37. The minimum Gasteiger partial charge on any atom is -0.508 e. The molecule has 2 rings (SSSR count). The van der Waals surface area contributed by atoms with Gasteiger partial charge in [-0.3, -0.25) is 9.59 Å². The molecule has 0 amide bonds. The van der Waals surface area contributed by atoms with E-state index in [4.69, 9.17) is 4.74 Å². The van der Waals surface area contributed by atoms with Crippen LogP contribution < -0.4 is 0 Å². The Balaban J connectivity index is 0.000000340. The Morgan fingerprint density at radius 3 is 1.79 bits per heavy atom. The molecule has 6 heteroatoms. The first-order valence-electron chi connectivity index (χ1n) is 11.5. The molecule has 0 unspecified atom stereocenters. The molecule has 0 fully saturated rings. The summed E-state index contributed by atoms with van der Waals surface area (Å²) in [6.45, 7) is 4.09. The monoisotopic (exact) mass is 468 g/mol. The molecule has 0 heterocycles. The van der Waals surface area contributed by atoms with Crippen LogP contribution >= 0.6 is 0 Å². The number of hydrogen-bond acceptors (Lipinski definition) is 6. The van der Waals surface area contributed by atoms with Crippen molar-refractivity contribution < 1.29 is 29.3 Å². The summed E-state index contributed by atoms with van der Waals surface area (Å²) in [5.41, 5.74) is 2.00. The van der Waals surface area contributed by atoms with E-state index >= 15 is 0 Å². The first kappa shape index (κ1) is 28.6. The number of rotatable bonds is 9. The summed E-state index contributed by atoms with van der Waals surface area (Å²) in [6.07, 6.45) is 4.54. The number of carbonyl (C=O) groups is 2. The molecule has 2 aromatic carbocycles. The van der Waals surface area contributed by atoms with Gasteiger partial charge in [0.05, 0.1) is 33.0 Å². The number of methoxy groups -OCH3 is 2. The largest absolute Gasteiger partial charge is 0.508 e. The van der Waals surface area contributed by atoms with Gasteiger partial charge in [-0.2, -0.15) is 0 Å². The molecule has 0 radical (unpaired) electrons. The van der Waals surface area contributed by atoms with Crippen LogP contribution in [0.15, 0.2) is 48.5 Å². The number of ether oxygens (including phenoxy) is 2. The van der Waals surface area contributed by atoms with Gasteiger partial charge in [0.2, 0.25) is 0 Å². The number of carbonyl (C=O) groups excluding carboxylic acids is 2. The normalized spacial score (nSPS) is 11.6. The van der Waals surface area contributed by atoms with Crippen LogP contribution in [0.4, 0.5) is 0 Å². The maximum atomic E-state index is 11.4. The quantitative estimate of drug-likeness (QED) is 0.363. The van der Waals surface area contributed by atoms with E-state index < -0.39 is 0 Å². The molecule has 2 aromatic rings. The van der Waals surface area contributed by atoms with Gasteiger partial charge in [-0.05, 0) is 47.7 Å². The molecule has 0 spiro atoms. The van der Waals surface area contributed by atoms with Crippen molar-refractivity contribution >= 4 is 11.9 Å². The van der Waals surface area contributed by atoms with E-state index in [1.165, 1.54) is 14.2 Å². The predicted molar refractivity (Wildman–Crippen MR) is 133 cm³/mol. The molecule has 184 valence electrons. The van der Waals surface area contributed by atoms with Gasteiger partial charge in [0.25, 0.3) is 0 Å². The van der Waals surface area contributed by atoms with Gasteiger partial charge in [0.1, 0.15) is 11.5 Å². The molecule has 0 saturated heterocycles. The Morgan fingerprint density at radius 2 is 1.32 bits per heavy atom. The molecular formula is C28H36O6. The first-order valence-corrected chi connectivity index (χ1v) is 11.5. The second kappa shape index (κ2) is 16.2. The number of unbranched alkanes of at least 4 members (excludes halogenated alkanes) is 1. The van der Waals surface area contributed by atoms with E-state index in [9.17, 15) is 19.8 Å². The van der Waals surface area contributed by atoms with Crippen molar-refractivity contribution in [1.29, 1.82) is 0 Å². The average Bonchev–Trinajstić information content (AvgIpc) is 2.85. The molecule has 0 aliphatic rings. The molecule has 0 aliphatic carbocycles. The number of phenolic OH excluding ortho intramolecular Hbond substituents is 2. The molecule has 6 nitrogen and oxygen atoms in total. The summed E-state index contributed by atoms with van der Waals surface area (Å²) >= 11 is 0. The van der Waals surface area contributed by atoms with Crippen LogP contribution in [0.3, 0.4) is 0 Å². The molecule has 2 N–H and O–H groups in total. The Hall–Kier alpha value is -3.46. The van der Waals surface area contributed by atoms with Crippen LogP contribution in [0.5, 0.6) is 11.5 Å². The second-order valence-electron chi connectivity index (χ2n) is 7.81. The van der Waals surface area contributed by atoms with Crippen LogP contribution in [0, 0.1) is 11.8 Å². The minimum absolute atomic E-state index is 0.178. The van der Waals surface area contributed by atoms with Gasteiger partial charge in [-0.1, -0.05) is 56.9 Å². The van der Waals surface area contributed by atoms with Crippen molar-refractivity contribution in [2.24, 2.45) is 0 Å². The van der Waals surface area contributed by atoms with Gasteiger partial charge < -0.3 is 19.7 Å². The van der Waals surface area contributed by atoms with E-state index in [1.54, 1.807) is 36.4 Å². The first-order chi connectivity index (χ1) is 16.3. The third-order valence-corrected chi connectivity index (χ3v) is 5.26. The summed E-state index contributed by atoms with van der Waals surface area (Å²) in [5, 5.41) is 18.5. The molecule has 0 bridgehead atoms. The molecular weight excluding hydrogens is 432 g/mol. The zero-order valence-corrected chi connectivity index (χ0v) is 20.5. The number of benzene rings is 2.